The van der Waals surface area contributed by atoms with E-state index in [2.05, 4.69) is 26.6 Å². The standard InChI is InChI=1S/C13H19BrFN3O/c1-9(11-5-4-10(15)8-12(11)14)16-6-7-17-13(19)18(2)3/h4-5,8-9,16H,6-7H2,1-3H3,(H,17,19). The molecular formula is C13H19BrFN3O. The lowest BCUT2D eigenvalue weighted by molar-refractivity contribution is 0.217. The number of carbonyl (C=O) groups excluding carboxylic acids is 1. The highest BCUT2D eigenvalue weighted by molar-refractivity contribution is 9.10. The maximum absolute atomic E-state index is 13.0. The molecule has 1 aromatic rings. The van der Waals surface area contributed by atoms with Crippen molar-refractivity contribution < 1.29 is 9.18 Å². The average Bonchev–Trinajstić information content (AvgIpc) is 2.33. The van der Waals surface area contributed by atoms with E-state index >= 15 is 0 Å². The SMILES string of the molecule is CC(NCCNC(=O)N(C)C)c1ccc(F)cc1Br. The number of hydrogen-bond acceptors (Lipinski definition) is 2. The third-order valence-electron chi connectivity index (χ3n) is 2.69. The number of benzene rings is 1. The second kappa shape index (κ2) is 7.45. The monoisotopic (exact) mass is 331 g/mol. The predicted molar refractivity (Wildman–Crippen MR) is 77.6 cm³/mol. The van der Waals surface area contributed by atoms with Gasteiger partial charge in [0.1, 0.15) is 5.82 Å². The van der Waals surface area contributed by atoms with E-state index in [0.29, 0.717) is 13.1 Å². The van der Waals surface area contributed by atoms with Gasteiger partial charge in [0, 0.05) is 37.7 Å². The van der Waals surface area contributed by atoms with Crippen molar-refractivity contribution in [1.82, 2.24) is 15.5 Å². The normalized spacial score (nSPS) is 12.1. The van der Waals surface area contributed by atoms with Crippen LogP contribution in [0.5, 0.6) is 0 Å². The lowest BCUT2D eigenvalue weighted by atomic mass is 10.1. The molecule has 0 saturated carbocycles. The zero-order chi connectivity index (χ0) is 14.4. The number of urea groups is 1. The van der Waals surface area contributed by atoms with Gasteiger partial charge in [0.05, 0.1) is 0 Å². The van der Waals surface area contributed by atoms with Crippen LogP contribution in [0.1, 0.15) is 18.5 Å². The number of rotatable bonds is 5. The van der Waals surface area contributed by atoms with Crippen molar-refractivity contribution in [2.24, 2.45) is 0 Å². The van der Waals surface area contributed by atoms with Crippen molar-refractivity contribution in [2.75, 3.05) is 27.2 Å². The summed E-state index contributed by atoms with van der Waals surface area (Å²) < 4.78 is 13.7. The molecule has 0 heterocycles. The predicted octanol–water partition coefficient (Wildman–Crippen LogP) is 2.51. The molecule has 0 bridgehead atoms. The van der Waals surface area contributed by atoms with Gasteiger partial charge in [-0.05, 0) is 24.6 Å². The average molecular weight is 332 g/mol. The fraction of sp³-hybridized carbons (Fsp3) is 0.462. The minimum absolute atomic E-state index is 0.0752. The fourth-order valence-electron chi connectivity index (χ4n) is 1.58. The summed E-state index contributed by atoms with van der Waals surface area (Å²) in [5.41, 5.74) is 0.986. The van der Waals surface area contributed by atoms with Crippen LogP contribution in [0.3, 0.4) is 0 Å². The Morgan fingerprint density at radius 2 is 2.11 bits per heavy atom. The molecule has 6 heteroatoms. The lowest BCUT2D eigenvalue weighted by Gasteiger charge is -2.17. The zero-order valence-electron chi connectivity index (χ0n) is 11.3. The minimum Gasteiger partial charge on any atom is -0.337 e. The molecule has 0 aliphatic rings. The van der Waals surface area contributed by atoms with Gasteiger partial charge in [0.25, 0.3) is 0 Å². The van der Waals surface area contributed by atoms with Gasteiger partial charge in [-0.1, -0.05) is 22.0 Å². The quantitative estimate of drug-likeness (QED) is 0.814. The number of halogens is 2. The first-order chi connectivity index (χ1) is 8.91. The van der Waals surface area contributed by atoms with E-state index in [9.17, 15) is 9.18 Å². The molecular weight excluding hydrogens is 313 g/mol. The highest BCUT2D eigenvalue weighted by Crippen LogP contribution is 2.23. The van der Waals surface area contributed by atoms with Crippen LogP contribution in [0, 0.1) is 5.82 Å². The van der Waals surface area contributed by atoms with E-state index < -0.39 is 0 Å². The Kier molecular flexibility index (Phi) is 6.24. The van der Waals surface area contributed by atoms with Gasteiger partial charge in [-0.2, -0.15) is 0 Å². The summed E-state index contributed by atoms with van der Waals surface area (Å²) >= 11 is 3.34. The maximum atomic E-state index is 13.0. The van der Waals surface area contributed by atoms with Crippen LogP contribution < -0.4 is 10.6 Å². The van der Waals surface area contributed by atoms with Crippen molar-refractivity contribution in [2.45, 2.75) is 13.0 Å². The summed E-state index contributed by atoms with van der Waals surface area (Å²) in [5.74, 6) is -0.263. The summed E-state index contributed by atoms with van der Waals surface area (Å²) in [5, 5.41) is 6.03. The van der Waals surface area contributed by atoms with Gasteiger partial charge >= 0.3 is 6.03 Å². The summed E-state index contributed by atoms with van der Waals surface area (Å²) in [6, 6.07) is 4.59. The molecule has 0 fully saturated rings. The molecule has 0 radical (unpaired) electrons. The molecule has 1 aromatic carbocycles. The summed E-state index contributed by atoms with van der Waals surface area (Å²) in [6.45, 7) is 3.18. The highest BCUT2D eigenvalue weighted by Gasteiger charge is 2.09. The van der Waals surface area contributed by atoms with E-state index in [1.54, 1.807) is 20.2 Å². The Hall–Kier alpha value is -1.14. The Balaban J connectivity index is 2.39. The topological polar surface area (TPSA) is 44.4 Å². The van der Waals surface area contributed by atoms with Gasteiger partial charge in [0.2, 0.25) is 0 Å². The van der Waals surface area contributed by atoms with E-state index in [1.165, 1.54) is 17.0 Å². The number of amides is 2. The summed E-state index contributed by atoms with van der Waals surface area (Å²) in [7, 11) is 3.39. The first-order valence-electron chi connectivity index (χ1n) is 6.05. The number of carbonyl (C=O) groups is 1. The van der Waals surface area contributed by atoms with Gasteiger partial charge in [-0.25, -0.2) is 9.18 Å². The van der Waals surface area contributed by atoms with Gasteiger partial charge in [-0.3, -0.25) is 0 Å². The number of nitrogens with one attached hydrogen (secondary N) is 2. The Morgan fingerprint density at radius 1 is 1.42 bits per heavy atom. The molecule has 0 aromatic heterocycles. The molecule has 4 nitrogen and oxygen atoms in total. The van der Waals surface area contributed by atoms with Crippen LogP contribution in [0.15, 0.2) is 22.7 Å². The van der Waals surface area contributed by atoms with Crippen molar-refractivity contribution in [3.63, 3.8) is 0 Å². The smallest absolute Gasteiger partial charge is 0.316 e. The van der Waals surface area contributed by atoms with Gasteiger partial charge < -0.3 is 15.5 Å². The zero-order valence-corrected chi connectivity index (χ0v) is 12.9. The molecule has 1 atom stereocenters. The molecule has 2 N–H and O–H groups in total. The van der Waals surface area contributed by atoms with Crippen LogP contribution in [-0.2, 0) is 0 Å². The Morgan fingerprint density at radius 3 is 2.68 bits per heavy atom. The second-order valence-electron chi connectivity index (χ2n) is 4.47. The minimum atomic E-state index is -0.263. The Bertz CT molecular complexity index is 440. The molecule has 1 rings (SSSR count). The number of nitrogens with zero attached hydrogens (tertiary/aromatic N) is 1. The molecule has 2 amide bonds. The van der Waals surface area contributed by atoms with Crippen LogP contribution in [0.2, 0.25) is 0 Å². The molecule has 0 spiro atoms. The largest absolute Gasteiger partial charge is 0.337 e. The van der Waals surface area contributed by atoms with E-state index in [-0.39, 0.29) is 17.9 Å². The molecule has 0 aliphatic carbocycles. The van der Waals surface area contributed by atoms with Gasteiger partial charge in [-0.15, -0.1) is 0 Å². The molecule has 0 saturated heterocycles. The van der Waals surface area contributed by atoms with Gasteiger partial charge in [0.15, 0.2) is 0 Å². The fourth-order valence-corrected chi connectivity index (χ4v) is 2.27. The first-order valence-corrected chi connectivity index (χ1v) is 6.84. The van der Waals surface area contributed by atoms with Crippen molar-refractivity contribution in [1.29, 1.82) is 0 Å². The van der Waals surface area contributed by atoms with Crippen LogP contribution in [0.4, 0.5) is 9.18 Å². The maximum Gasteiger partial charge on any atom is 0.316 e. The first kappa shape index (κ1) is 15.9. The van der Waals surface area contributed by atoms with Crippen LogP contribution in [-0.4, -0.2) is 38.1 Å². The molecule has 1 unspecified atom stereocenters. The summed E-state index contributed by atoms with van der Waals surface area (Å²) in [4.78, 5) is 12.8. The lowest BCUT2D eigenvalue weighted by Crippen LogP contribution is -2.38. The van der Waals surface area contributed by atoms with E-state index in [1.807, 2.05) is 6.92 Å². The molecule has 106 valence electrons. The number of hydrogen-bond donors (Lipinski definition) is 2. The van der Waals surface area contributed by atoms with Crippen LogP contribution >= 0.6 is 15.9 Å². The van der Waals surface area contributed by atoms with E-state index in [4.69, 9.17) is 0 Å². The third-order valence-corrected chi connectivity index (χ3v) is 3.37. The summed E-state index contributed by atoms with van der Waals surface area (Å²) in [6.07, 6.45) is 0. The van der Waals surface area contributed by atoms with Crippen molar-refractivity contribution in [3.8, 4) is 0 Å². The van der Waals surface area contributed by atoms with Crippen molar-refractivity contribution in [3.05, 3.63) is 34.1 Å². The molecule has 0 aliphatic heterocycles. The third kappa shape index (κ3) is 5.16. The van der Waals surface area contributed by atoms with Crippen molar-refractivity contribution >= 4 is 22.0 Å². The van der Waals surface area contributed by atoms with E-state index in [0.717, 1.165) is 10.0 Å². The Labute approximate surface area is 121 Å². The van der Waals surface area contributed by atoms with Crippen LogP contribution in [0.25, 0.3) is 0 Å². The molecule has 19 heavy (non-hydrogen) atoms. The second-order valence-corrected chi connectivity index (χ2v) is 5.32. The highest BCUT2D eigenvalue weighted by atomic mass is 79.9.